The molecular formula is C11H20O. The summed E-state index contributed by atoms with van der Waals surface area (Å²) in [5.41, 5.74) is 0.606. The van der Waals surface area contributed by atoms with Crippen LogP contribution in [0.4, 0.5) is 0 Å². The summed E-state index contributed by atoms with van der Waals surface area (Å²) in [4.78, 5) is 0. The molecule has 1 nitrogen and oxygen atoms in total. The lowest BCUT2D eigenvalue weighted by atomic mass is 9.45. The number of methoxy groups -OCH3 is 1. The third-order valence-corrected chi connectivity index (χ3v) is 4.59. The minimum Gasteiger partial charge on any atom is -0.381 e. The van der Waals surface area contributed by atoms with Gasteiger partial charge in [-0.05, 0) is 36.0 Å². The first-order valence-corrected chi connectivity index (χ1v) is 5.10. The van der Waals surface area contributed by atoms with Gasteiger partial charge in [0, 0.05) is 7.11 Å². The molecule has 0 unspecified atom stereocenters. The zero-order valence-electron chi connectivity index (χ0n) is 8.63. The molecule has 1 heteroatoms. The van der Waals surface area contributed by atoms with Crippen molar-refractivity contribution in [2.75, 3.05) is 7.11 Å². The van der Waals surface area contributed by atoms with Crippen molar-refractivity contribution in [3.05, 3.63) is 0 Å². The van der Waals surface area contributed by atoms with E-state index in [1.54, 1.807) is 0 Å². The molecule has 0 aromatic heterocycles. The van der Waals surface area contributed by atoms with Crippen molar-refractivity contribution < 1.29 is 4.74 Å². The maximum atomic E-state index is 5.50. The van der Waals surface area contributed by atoms with Crippen LogP contribution < -0.4 is 0 Å². The van der Waals surface area contributed by atoms with Gasteiger partial charge in [0.2, 0.25) is 0 Å². The van der Waals surface area contributed by atoms with Crippen LogP contribution in [0.1, 0.15) is 33.6 Å². The summed E-state index contributed by atoms with van der Waals surface area (Å²) in [6, 6.07) is 0. The Morgan fingerprint density at radius 3 is 2.33 bits per heavy atom. The highest BCUT2D eigenvalue weighted by atomic mass is 16.5. The molecule has 0 radical (unpaired) electrons. The average Bonchev–Trinajstić information content (AvgIpc) is 2.03. The van der Waals surface area contributed by atoms with Crippen molar-refractivity contribution >= 4 is 0 Å². The molecule has 70 valence electrons. The predicted octanol–water partition coefficient (Wildman–Crippen LogP) is 2.70. The number of fused-ring (bicyclic) bond motifs is 2. The van der Waals surface area contributed by atoms with Crippen LogP contribution >= 0.6 is 0 Å². The van der Waals surface area contributed by atoms with E-state index in [0.717, 1.165) is 17.8 Å². The SMILES string of the molecule is CO[C@@H]1C[C@H]2C[C@@H]([C@H]1C)C2(C)C. The van der Waals surface area contributed by atoms with E-state index in [4.69, 9.17) is 4.74 Å². The molecule has 3 rings (SSSR count). The molecule has 0 heterocycles. The number of ether oxygens (including phenoxy) is 1. The second-order valence-corrected chi connectivity index (χ2v) is 5.23. The van der Waals surface area contributed by atoms with Crippen LogP contribution in [-0.2, 0) is 4.74 Å². The topological polar surface area (TPSA) is 9.23 Å². The Labute approximate surface area is 75.5 Å². The lowest BCUT2D eigenvalue weighted by Gasteiger charge is -2.61. The molecule has 0 saturated heterocycles. The molecule has 2 bridgehead atoms. The Bertz CT molecular complexity index is 185. The normalized spacial score (nSPS) is 50.0. The van der Waals surface area contributed by atoms with Crippen LogP contribution in [0.3, 0.4) is 0 Å². The Balaban J connectivity index is 2.11. The van der Waals surface area contributed by atoms with Crippen LogP contribution in [0.15, 0.2) is 0 Å². The first-order chi connectivity index (χ1) is 5.57. The predicted molar refractivity (Wildman–Crippen MR) is 50.0 cm³/mol. The fourth-order valence-electron chi connectivity index (χ4n) is 3.41. The number of rotatable bonds is 1. The average molecular weight is 168 g/mol. The lowest BCUT2D eigenvalue weighted by Crippen LogP contribution is -2.57. The summed E-state index contributed by atoms with van der Waals surface area (Å²) in [6.45, 7) is 7.21. The molecule has 0 aromatic carbocycles. The first-order valence-electron chi connectivity index (χ1n) is 5.10. The Hall–Kier alpha value is -0.0400. The minimum absolute atomic E-state index is 0.543. The van der Waals surface area contributed by atoms with Gasteiger partial charge in [0.1, 0.15) is 0 Å². The van der Waals surface area contributed by atoms with Gasteiger partial charge >= 0.3 is 0 Å². The highest BCUT2D eigenvalue weighted by Crippen LogP contribution is 2.61. The van der Waals surface area contributed by atoms with Gasteiger partial charge in [0.05, 0.1) is 6.10 Å². The minimum atomic E-state index is 0.543. The molecule has 0 aliphatic heterocycles. The van der Waals surface area contributed by atoms with Crippen LogP contribution in [-0.4, -0.2) is 13.2 Å². The van der Waals surface area contributed by atoms with Crippen LogP contribution in [0.2, 0.25) is 0 Å². The zero-order chi connectivity index (χ0) is 8.93. The van der Waals surface area contributed by atoms with Gasteiger partial charge in [-0.1, -0.05) is 20.8 Å². The molecule has 3 aliphatic carbocycles. The molecule has 12 heavy (non-hydrogen) atoms. The van der Waals surface area contributed by atoms with Crippen molar-refractivity contribution in [2.24, 2.45) is 23.2 Å². The maximum Gasteiger partial charge on any atom is 0.0602 e. The summed E-state index contributed by atoms with van der Waals surface area (Å²) >= 11 is 0. The highest BCUT2D eigenvalue weighted by Gasteiger charge is 2.56. The van der Waals surface area contributed by atoms with E-state index in [9.17, 15) is 0 Å². The van der Waals surface area contributed by atoms with Crippen LogP contribution in [0, 0.1) is 23.2 Å². The summed E-state index contributed by atoms with van der Waals surface area (Å²) in [5.74, 6) is 2.62. The summed E-state index contributed by atoms with van der Waals surface area (Å²) in [7, 11) is 1.86. The molecule has 0 spiro atoms. The summed E-state index contributed by atoms with van der Waals surface area (Å²) < 4.78 is 5.50. The van der Waals surface area contributed by atoms with Gasteiger partial charge in [0.15, 0.2) is 0 Å². The van der Waals surface area contributed by atoms with Crippen LogP contribution in [0.5, 0.6) is 0 Å². The second kappa shape index (κ2) is 2.47. The summed E-state index contributed by atoms with van der Waals surface area (Å²) in [5, 5.41) is 0. The van der Waals surface area contributed by atoms with E-state index < -0.39 is 0 Å². The Morgan fingerprint density at radius 2 is 1.92 bits per heavy atom. The molecule has 4 atom stereocenters. The molecule has 3 fully saturated rings. The van der Waals surface area contributed by atoms with Crippen molar-refractivity contribution in [3.63, 3.8) is 0 Å². The van der Waals surface area contributed by atoms with Gasteiger partial charge in [-0.25, -0.2) is 0 Å². The lowest BCUT2D eigenvalue weighted by molar-refractivity contribution is -0.163. The number of hydrogen-bond donors (Lipinski definition) is 0. The van der Waals surface area contributed by atoms with E-state index in [-0.39, 0.29) is 0 Å². The first kappa shape index (κ1) is 8.55. The van der Waals surface area contributed by atoms with Gasteiger partial charge in [-0.2, -0.15) is 0 Å². The standard InChI is InChI=1S/C11H20O/c1-7-9-5-8(11(9,2)3)6-10(7)12-4/h7-10H,5-6H2,1-4H3/t7-,8-,9+,10-/m1/s1. The van der Waals surface area contributed by atoms with Gasteiger partial charge in [-0.3, -0.25) is 0 Å². The van der Waals surface area contributed by atoms with Crippen molar-refractivity contribution in [2.45, 2.75) is 39.7 Å². The van der Waals surface area contributed by atoms with E-state index in [0.29, 0.717) is 11.5 Å². The van der Waals surface area contributed by atoms with Gasteiger partial charge in [-0.15, -0.1) is 0 Å². The second-order valence-electron chi connectivity index (χ2n) is 5.23. The Morgan fingerprint density at radius 1 is 1.25 bits per heavy atom. The fourth-order valence-corrected chi connectivity index (χ4v) is 3.41. The molecule has 3 saturated carbocycles. The number of hydrogen-bond acceptors (Lipinski definition) is 1. The fraction of sp³-hybridized carbons (Fsp3) is 1.00. The molecule has 0 aromatic rings. The van der Waals surface area contributed by atoms with E-state index in [1.807, 2.05) is 7.11 Å². The Kier molecular flexibility index (Phi) is 1.76. The molecular weight excluding hydrogens is 148 g/mol. The van der Waals surface area contributed by atoms with Crippen molar-refractivity contribution in [1.29, 1.82) is 0 Å². The van der Waals surface area contributed by atoms with E-state index in [2.05, 4.69) is 20.8 Å². The quantitative estimate of drug-likeness (QED) is 0.585. The highest BCUT2D eigenvalue weighted by molar-refractivity contribution is 5.05. The molecule has 0 N–H and O–H groups in total. The third kappa shape index (κ3) is 0.891. The molecule has 3 aliphatic rings. The summed E-state index contributed by atoms with van der Waals surface area (Å²) in [6.07, 6.45) is 3.29. The molecule has 0 amide bonds. The van der Waals surface area contributed by atoms with Crippen molar-refractivity contribution in [3.8, 4) is 0 Å². The van der Waals surface area contributed by atoms with Crippen molar-refractivity contribution in [1.82, 2.24) is 0 Å². The van der Waals surface area contributed by atoms with Crippen LogP contribution in [0.25, 0.3) is 0 Å². The largest absolute Gasteiger partial charge is 0.381 e. The van der Waals surface area contributed by atoms with Gasteiger partial charge in [0.25, 0.3) is 0 Å². The van der Waals surface area contributed by atoms with Gasteiger partial charge < -0.3 is 4.74 Å². The monoisotopic (exact) mass is 168 g/mol. The smallest absolute Gasteiger partial charge is 0.0602 e. The zero-order valence-corrected chi connectivity index (χ0v) is 8.63. The van der Waals surface area contributed by atoms with E-state index in [1.165, 1.54) is 12.8 Å². The maximum absolute atomic E-state index is 5.50. The van der Waals surface area contributed by atoms with E-state index >= 15 is 0 Å². The third-order valence-electron chi connectivity index (χ3n) is 4.59.